The zero-order valence-corrected chi connectivity index (χ0v) is 23.1. The average molecular weight is 666 g/mol. The van der Waals surface area contributed by atoms with Gasteiger partial charge in [-0.05, 0) is 66.2 Å². The second-order valence-corrected chi connectivity index (χ2v) is 9.17. The van der Waals surface area contributed by atoms with Crippen molar-refractivity contribution in [2.75, 3.05) is 4.90 Å². The van der Waals surface area contributed by atoms with Crippen molar-refractivity contribution >= 4 is 17.2 Å². The number of phenols is 1. The number of rotatable bonds is 7. The number of benzene rings is 3. The molecule has 2 aromatic heterocycles. The zero-order chi connectivity index (χ0) is 24.9. The molecule has 0 radical (unpaired) electrons. The summed E-state index contributed by atoms with van der Waals surface area (Å²) in [6.45, 7) is 4.41. The summed E-state index contributed by atoms with van der Waals surface area (Å²) >= 11 is 0. The van der Waals surface area contributed by atoms with Crippen LogP contribution in [0.25, 0.3) is 22.5 Å². The van der Waals surface area contributed by atoms with Crippen LogP contribution in [0.3, 0.4) is 0 Å². The van der Waals surface area contributed by atoms with Gasteiger partial charge in [0.25, 0.3) is 0 Å². The van der Waals surface area contributed by atoms with Gasteiger partial charge in [-0.25, -0.2) is 4.98 Å². The Labute approximate surface area is 233 Å². The molecule has 4 nitrogen and oxygen atoms in total. The van der Waals surface area contributed by atoms with E-state index in [9.17, 15) is 5.11 Å². The van der Waals surface area contributed by atoms with Crippen LogP contribution in [0.5, 0.6) is 5.75 Å². The third kappa shape index (κ3) is 6.15. The standard InChI is InChI=1S/C32H28N3O.Pt/c1-23(2)19-24-20-29(34-30(21-24)28-15-6-7-16-31(28)36)25-11-10-14-27(22-25)35(26-12-4-3-5-13-26)32-17-8-9-18-33-32;/h3-18,20-21,23,36H,19H2,1-2H3;/q-1;. The van der Waals surface area contributed by atoms with Crippen molar-refractivity contribution in [2.24, 2.45) is 5.92 Å². The molecule has 1 N–H and O–H groups in total. The van der Waals surface area contributed by atoms with E-state index in [0.29, 0.717) is 5.92 Å². The minimum absolute atomic E-state index is 0. The van der Waals surface area contributed by atoms with E-state index in [2.05, 4.69) is 54.1 Å². The molecule has 0 unspecified atom stereocenters. The second kappa shape index (κ2) is 12.0. The maximum absolute atomic E-state index is 10.5. The number of pyridine rings is 2. The molecular formula is C32H28N3OPt-. The Bertz CT molecular complexity index is 1420. The molecule has 37 heavy (non-hydrogen) atoms. The van der Waals surface area contributed by atoms with Gasteiger partial charge in [-0.1, -0.05) is 61.9 Å². The maximum Gasteiger partial charge on any atom is 0.136 e. The summed E-state index contributed by atoms with van der Waals surface area (Å²) in [7, 11) is 0. The number of hydrogen-bond acceptors (Lipinski definition) is 4. The third-order valence-electron chi connectivity index (χ3n) is 5.90. The Morgan fingerprint density at radius 2 is 1.54 bits per heavy atom. The van der Waals surface area contributed by atoms with Gasteiger partial charge in [0.1, 0.15) is 11.6 Å². The van der Waals surface area contributed by atoms with Gasteiger partial charge in [-0.2, -0.15) is 0 Å². The van der Waals surface area contributed by atoms with E-state index < -0.39 is 0 Å². The van der Waals surface area contributed by atoms with Crippen LogP contribution in [0, 0.1) is 12.0 Å². The van der Waals surface area contributed by atoms with Crippen LogP contribution in [0.1, 0.15) is 19.4 Å². The first-order chi connectivity index (χ1) is 17.6. The molecule has 3 aromatic carbocycles. The normalized spacial score (nSPS) is 10.7. The molecule has 188 valence electrons. The molecule has 5 heteroatoms. The molecule has 0 fully saturated rings. The topological polar surface area (TPSA) is 49.2 Å². The molecule has 0 aliphatic carbocycles. The number of para-hydroxylation sites is 2. The molecule has 0 aliphatic heterocycles. The van der Waals surface area contributed by atoms with Gasteiger partial charge in [0, 0.05) is 38.5 Å². The van der Waals surface area contributed by atoms with E-state index >= 15 is 0 Å². The number of aromatic nitrogens is 2. The molecule has 0 saturated heterocycles. The minimum atomic E-state index is 0. The monoisotopic (exact) mass is 665 g/mol. The molecule has 5 rings (SSSR count). The quantitative estimate of drug-likeness (QED) is 0.179. The van der Waals surface area contributed by atoms with Crippen LogP contribution in [0.2, 0.25) is 0 Å². The van der Waals surface area contributed by atoms with Crippen molar-refractivity contribution in [2.45, 2.75) is 20.3 Å². The third-order valence-corrected chi connectivity index (χ3v) is 5.90. The predicted octanol–water partition coefficient (Wildman–Crippen LogP) is 7.98. The molecule has 0 aliphatic rings. The minimum Gasteiger partial charge on any atom is -0.507 e. The van der Waals surface area contributed by atoms with Crippen LogP contribution in [-0.2, 0) is 27.5 Å². The summed E-state index contributed by atoms with van der Waals surface area (Å²) in [4.78, 5) is 11.7. The number of aromatic hydroxyl groups is 1. The van der Waals surface area contributed by atoms with E-state index in [-0.39, 0.29) is 26.8 Å². The number of hydrogen-bond donors (Lipinski definition) is 1. The average Bonchev–Trinajstić information content (AvgIpc) is 2.90. The van der Waals surface area contributed by atoms with Gasteiger partial charge >= 0.3 is 0 Å². The molecule has 0 amide bonds. The van der Waals surface area contributed by atoms with Crippen LogP contribution in [-0.4, -0.2) is 15.1 Å². The summed E-state index contributed by atoms with van der Waals surface area (Å²) in [6, 6.07) is 37.3. The SMILES string of the molecule is CC(C)Cc1cc(-c2[c-]c(N(c3ccccc3)c3ccccn3)ccc2)nc(-c2ccccc2O)c1.[Pt]. The van der Waals surface area contributed by atoms with Crippen LogP contribution < -0.4 is 4.90 Å². The number of anilines is 3. The van der Waals surface area contributed by atoms with Gasteiger partial charge < -0.3 is 10.0 Å². The van der Waals surface area contributed by atoms with Crippen LogP contribution in [0.15, 0.2) is 109 Å². The Kier molecular flexibility index (Phi) is 8.53. The molecule has 0 atom stereocenters. The van der Waals surface area contributed by atoms with Crippen LogP contribution >= 0.6 is 0 Å². The van der Waals surface area contributed by atoms with Crippen LogP contribution in [0.4, 0.5) is 17.2 Å². The summed E-state index contributed by atoms with van der Waals surface area (Å²) in [5.41, 5.74) is 6.23. The molecular weight excluding hydrogens is 637 g/mol. The fraction of sp³-hybridized carbons (Fsp3) is 0.125. The predicted molar refractivity (Wildman–Crippen MR) is 147 cm³/mol. The molecule has 2 heterocycles. The van der Waals surface area contributed by atoms with Gasteiger partial charge in [-0.3, -0.25) is 4.98 Å². The first kappa shape index (κ1) is 26.3. The van der Waals surface area contributed by atoms with Gasteiger partial charge in [0.15, 0.2) is 0 Å². The van der Waals surface area contributed by atoms with Crippen molar-refractivity contribution in [1.29, 1.82) is 0 Å². The summed E-state index contributed by atoms with van der Waals surface area (Å²) in [6.07, 6.45) is 2.71. The van der Waals surface area contributed by atoms with Gasteiger partial charge in [0.2, 0.25) is 0 Å². The fourth-order valence-electron chi connectivity index (χ4n) is 4.34. The van der Waals surface area contributed by atoms with Crippen molar-refractivity contribution < 1.29 is 26.2 Å². The van der Waals surface area contributed by atoms with Crippen molar-refractivity contribution in [3.63, 3.8) is 0 Å². The van der Waals surface area contributed by atoms with Crippen molar-refractivity contribution in [3.05, 3.63) is 121 Å². The van der Waals surface area contributed by atoms with E-state index in [4.69, 9.17) is 4.98 Å². The molecule has 0 bridgehead atoms. The largest absolute Gasteiger partial charge is 0.507 e. The van der Waals surface area contributed by atoms with Gasteiger partial charge in [-0.15, -0.1) is 29.8 Å². The molecule has 0 saturated carbocycles. The Balaban J connectivity index is 0.00000320. The number of phenolic OH excluding ortho intramolecular Hbond substituents is 1. The Morgan fingerprint density at radius 1 is 0.811 bits per heavy atom. The fourth-order valence-corrected chi connectivity index (χ4v) is 4.34. The number of nitrogens with zero attached hydrogens (tertiary/aromatic N) is 3. The molecule has 5 aromatic rings. The first-order valence-electron chi connectivity index (χ1n) is 12.2. The first-order valence-corrected chi connectivity index (χ1v) is 12.2. The summed E-state index contributed by atoms with van der Waals surface area (Å²) < 4.78 is 0. The summed E-state index contributed by atoms with van der Waals surface area (Å²) in [5, 5.41) is 10.5. The maximum atomic E-state index is 10.5. The second-order valence-electron chi connectivity index (χ2n) is 9.17. The Hall–Kier alpha value is -3.75. The van der Waals surface area contributed by atoms with Crippen molar-refractivity contribution in [1.82, 2.24) is 9.97 Å². The van der Waals surface area contributed by atoms with Crippen molar-refractivity contribution in [3.8, 4) is 28.3 Å². The van der Waals surface area contributed by atoms with E-state index in [1.165, 1.54) is 5.56 Å². The molecule has 0 spiro atoms. The zero-order valence-electron chi connectivity index (χ0n) is 20.8. The van der Waals surface area contributed by atoms with E-state index in [1.54, 1.807) is 12.3 Å². The van der Waals surface area contributed by atoms with E-state index in [1.807, 2.05) is 72.8 Å². The van der Waals surface area contributed by atoms with E-state index in [0.717, 1.165) is 46.1 Å². The van der Waals surface area contributed by atoms with Gasteiger partial charge in [0.05, 0.1) is 5.69 Å². The summed E-state index contributed by atoms with van der Waals surface area (Å²) in [5.74, 6) is 1.53. The Morgan fingerprint density at radius 3 is 2.27 bits per heavy atom. The smallest absolute Gasteiger partial charge is 0.136 e.